The van der Waals surface area contributed by atoms with Crippen LogP contribution < -0.4 is 5.56 Å². The fourth-order valence-electron chi connectivity index (χ4n) is 1.25. The Kier molecular flexibility index (Phi) is 2.21. The van der Waals surface area contributed by atoms with Crippen LogP contribution in [0.5, 0.6) is 0 Å². The van der Waals surface area contributed by atoms with E-state index >= 15 is 0 Å². The molecule has 1 aromatic carbocycles. The minimum Gasteiger partial charge on any atom is -0.505 e. The highest BCUT2D eigenvalue weighted by Crippen LogP contribution is 2.15. The number of H-pyrrole nitrogens is 1. The van der Waals surface area contributed by atoms with Crippen molar-refractivity contribution in [3.05, 3.63) is 46.0 Å². The van der Waals surface area contributed by atoms with Gasteiger partial charge < -0.3 is 10.1 Å². The molecule has 2 rings (SSSR count). The quantitative estimate of drug-likeness (QED) is 0.727. The lowest BCUT2D eigenvalue weighted by Gasteiger charge is -2.00. The molecule has 0 saturated carbocycles. The van der Waals surface area contributed by atoms with E-state index in [2.05, 4.69) is 16.5 Å². The maximum absolute atomic E-state index is 11.5. The second-order valence-corrected chi connectivity index (χ2v) is 3.46. The second-order valence-electron chi connectivity index (χ2n) is 3.02. The summed E-state index contributed by atoms with van der Waals surface area (Å²) in [6, 6.07) is 4.76. The second kappa shape index (κ2) is 3.40. The van der Waals surface area contributed by atoms with Gasteiger partial charge in [0.1, 0.15) is 0 Å². The van der Waals surface area contributed by atoms with Crippen molar-refractivity contribution in [1.82, 2.24) is 9.97 Å². The molecule has 0 unspecified atom stereocenters. The molecule has 2 aromatic rings. The first-order chi connectivity index (χ1) is 7.08. The lowest BCUT2D eigenvalue weighted by atomic mass is 10.2. The van der Waals surface area contributed by atoms with Gasteiger partial charge >= 0.3 is 0 Å². The molecular weight excluding hydrogens is 216 g/mol. The fraction of sp³-hybridized carbons (Fsp3) is 0. The van der Waals surface area contributed by atoms with Crippen molar-refractivity contribution in [3.8, 4) is 0 Å². The molecule has 2 N–H and O–H groups in total. The van der Waals surface area contributed by atoms with Crippen LogP contribution in [0.15, 0.2) is 29.6 Å². The largest absolute Gasteiger partial charge is 0.505 e. The molecule has 1 aromatic heterocycles. The Balaban J connectivity index is 2.84. The summed E-state index contributed by atoms with van der Waals surface area (Å²) in [5, 5.41) is 9.95. The predicted octanol–water partition coefficient (Wildman–Crippen LogP) is 2.11. The lowest BCUT2D eigenvalue weighted by Crippen LogP contribution is -2.11. The summed E-state index contributed by atoms with van der Waals surface area (Å²) in [5.41, 5.74) is 0.112. The number of halogens is 1. The highest BCUT2D eigenvalue weighted by molar-refractivity contribution is 6.31. The molecule has 0 saturated heterocycles. The summed E-state index contributed by atoms with van der Waals surface area (Å²) in [4.78, 5) is 18.0. The first-order valence-electron chi connectivity index (χ1n) is 4.16. The van der Waals surface area contributed by atoms with Crippen LogP contribution in [0.3, 0.4) is 0 Å². The lowest BCUT2D eigenvalue weighted by molar-refractivity contribution is 0.507. The Labute approximate surface area is 89.9 Å². The Morgan fingerprint density at radius 2 is 2.27 bits per heavy atom. The first kappa shape index (κ1) is 9.73. The highest BCUT2D eigenvalue weighted by atomic mass is 35.5. The average Bonchev–Trinajstić information content (AvgIpc) is 2.18. The van der Waals surface area contributed by atoms with Gasteiger partial charge in [-0.3, -0.25) is 4.79 Å². The van der Waals surface area contributed by atoms with Crippen LogP contribution in [0.25, 0.3) is 16.7 Å². The number of aromatic amines is 1. The Morgan fingerprint density at radius 3 is 2.93 bits per heavy atom. The number of hydrogen-bond donors (Lipinski definition) is 2. The van der Waals surface area contributed by atoms with Crippen molar-refractivity contribution in [2.24, 2.45) is 0 Å². The van der Waals surface area contributed by atoms with E-state index in [1.807, 2.05) is 0 Å². The van der Waals surface area contributed by atoms with Gasteiger partial charge in [0.15, 0.2) is 11.6 Å². The van der Waals surface area contributed by atoms with Gasteiger partial charge in [0.2, 0.25) is 0 Å². The molecule has 0 aliphatic heterocycles. The van der Waals surface area contributed by atoms with Crippen LogP contribution in [0, 0.1) is 0 Å². The van der Waals surface area contributed by atoms with E-state index < -0.39 is 0 Å². The summed E-state index contributed by atoms with van der Waals surface area (Å²) in [6.45, 7) is 3.29. The zero-order valence-corrected chi connectivity index (χ0v) is 8.38. The Hall–Kier alpha value is -1.81. The molecule has 15 heavy (non-hydrogen) atoms. The standard InChI is InChI=1S/C10H7ClN2O2/c1-5(14)9-12-8-3-2-6(11)4-7(8)10(15)13-9/h2-4,14H,1H2,(H,12,13,15). The van der Waals surface area contributed by atoms with E-state index in [0.717, 1.165) is 0 Å². The molecule has 0 aliphatic rings. The smallest absolute Gasteiger partial charge is 0.259 e. The first-order valence-corrected chi connectivity index (χ1v) is 4.53. The number of aromatic nitrogens is 2. The van der Waals surface area contributed by atoms with Crippen LogP contribution in [-0.4, -0.2) is 15.1 Å². The zero-order valence-electron chi connectivity index (χ0n) is 7.62. The van der Waals surface area contributed by atoms with Crippen LogP contribution in [-0.2, 0) is 0 Å². The SMILES string of the molecule is C=C(O)c1nc2ccc(Cl)cc2c(=O)[nH]1. The molecule has 0 aliphatic carbocycles. The van der Waals surface area contributed by atoms with Crippen molar-refractivity contribution in [1.29, 1.82) is 0 Å². The number of nitrogens with one attached hydrogen (secondary N) is 1. The number of rotatable bonds is 1. The van der Waals surface area contributed by atoms with Crippen LogP contribution in [0.1, 0.15) is 5.82 Å². The van der Waals surface area contributed by atoms with Gasteiger partial charge in [-0.25, -0.2) is 4.98 Å². The summed E-state index contributed by atoms with van der Waals surface area (Å²) in [7, 11) is 0. The van der Waals surface area contributed by atoms with Gasteiger partial charge in [-0.2, -0.15) is 0 Å². The zero-order chi connectivity index (χ0) is 11.0. The summed E-state index contributed by atoms with van der Waals surface area (Å²) < 4.78 is 0. The molecule has 0 amide bonds. The topological polar surface area (TPSA) is 66.0 Å². The summed E-state index contributed by atoms with van der Waals surface area (Å²) >= 11 is 5.75. The molecule has 0 atom stereocenters. The molecule has 76 valence electrons. The minimum absolute atomic E-state index is 0.0647. The maximum Gasteiger partial charge on any atom is 0.259 e. The maximum atomic E-state index is 11.5. The van der Waals surface area contributed by atoms with Gasteiger partial charge in [0, 0.05) is 5.02 Å². The number of nitrogens with zero attached hydrogens (tertiary/aromatic N) is 1. The normalized spacial score (nSPS) is 10.5. The monoisotopic (exact) mass is 222 g/mol. The third-order valence-corrected chi connectivity index (χ3v) is 2.18. The van der Waals surface area contributed by atoms with Gasteiger partial charge in [0.05, 0.1) is 10.9 Å². The van der Waals surface area contributed by atoms with E-state index in [9.17, 15) is 4.79 Å². The number of hydrogen-bond acceptors (Lipinski definition) is 3. The van der Waals surface area contributed by atoms with Crippen molar-refractivity contribution in [3.63, 3.8) is 0 Å². The third-order valence-electron chi connectivity index (χ3n) is 1.94. The molecule has 4 nitrogen and oxygen atoms in total. The number of fused-ring (bicyclic) bond motifs is 1. The minimum atomic E-state index is -0.354. The van der Waals surface area contributed by atoms with E-state index in [0.29, 0.717) is 15.9 Å². The van der Waals surface area contributed by atoms with Gasteiger partial charge in [-0.05, 0) is 18.2 Å². The molecule has 1 heterocycles. The van der Waals surface area contributed by atoms with Gasteiger partial charge in [0.25, 0.3) is 5.56 Å². The van der Waals surface area contributed by atoms with E-state index in [4.69, 9.17) is 16.7 Å². The number of aliphatic hydroxyl groups excluding tert-OH is 1. The molecule has 0 fully saturated rings. The highest BCUT2D eigenvalue weighted by Gasteiger charge is 2.05. The van der Waals surface area contributed by atoms with E-state index in [1.165, 1.54) is 6.07 Å². The van der Waals surface area contributed by atoms with Crippen LogP contribution in [0.2, 0.25) is 5.02 Å². The number of benzene rings is 1. The molecule has 0 bridgehead atoms. The van der Waals surface area contributed by atoms with E-state index in [-0.39, 0.29) is 17.1 Å². The van der Waals surface area contributed by atoms with Crippen LogP contribution >= 0.6 is 11.6 Å². The van der Waals surface area contributed by atoms with Crippen molar-refractivity contribution in [2.45, 2.75) is 0 Å². The predicted molar refractivity (Wildman–Crippen MR) is 59.0 cm³/mol. The third kappa shape index (κ3) is 1.71. The molecule has 0 radical (unpaired) electrons. The Bertz CT molecular complexity index is 604. The van der Waals surface area contributed by atoms with Crippen molar-refractivity contribution in [2.75, 3.05) is 0 Å². The summed E-state index contributed by atoms with van der Waals surface area (Å²) in [5.74, 6) is -0.209. The van der Waals surface area contributed by atoms with Gasteiger partial charge in [-0.1, -0.05) is 18.2 Å². The summed E-state index contributed by atoms with van der Waals surface area (Å²) in [6.07, 6.45) is 0. The average molecular weight is 223 g/mol. The Morgan fingerprint density at radius 1 is 1.53 bits per heavy atom. The molecule has 5 heteroatoms. The van der Waals surface area contributed by atoms with E-state index in [1.54, 1.807) is 12.1 Å². The number of aliphatic hydroxyl groups is 1. The fourth-order valence-corrected chi connectivity index (χ4v) is 1.42. The van der Waals surface area contributed by atoms with Gasteiger partial charge in [-0.15, -0.1) is 0 Å². The van der Waals surface area contributed by atoms with Crippen LogP contribution in [0.4, 0.5) is 0 Å². The molecule has 0 spiro atoms. The van der Waals surface area contributed by atoms with Crippen molar-refractivity contribution >= 4 is 28.3 Å². The molecular formula is C10H7ClN2O2. The van der Waals surface area contributed by atoms with Crippen molar-refractivity contribution < 1.29 is 5.11 Å².